The van der Waals surface area contributed by atoms with Crippen molar-refractivity contribution < 1.29 is 4.74 Å². The Morgan fingerprint density at radius 1 is 1.33 bits per heavy atom. The Hall–Kier alpha value is -0.110. The van der Waals surface area contributed by atoms with Crippen LogP contribution in [0.25, 0.3) is 0 Å². The average Bonchev–Trinajstić information content (AvgIpc) is 2.89. The van der Waals surface area contributed by atoms with Gasteiger partial charge in [0.1, 0.15) is 5.75 Å². The summed E-state index contributed by atoms with van der Waals surface area (Å²) in [5, 5.41) is 5.87. The van der Waals surface area contributed by atoms with Crippen LogP contribution in [0, 0.1) is 2.88 Å². The lowest BCUT2D eigenvalue weighted by Gasteiger charge is -2.21. The highest BCUT2D eigenvalue weighted by molar-refractivity contribution is 14.1. The van der Waals surface area contributed by atoms with Crippen LogP contribution in [-0.2, 0) is 0 Å². The van der Waals surface area contributed by atoms with Crippen LogP contribution in [0.3, 0.4) is 0 Å². The maximum absolute atomic E-state index is 5.82. The lowest BCUT2D eigenvalue weighted by Crippen LogP contribution is -2.23. The molecule has 0 spiro atoms. The number of benzene rings is 1. The summed E-state index contributed by atoms with van der Waals surface area (Å²) < 4.78 is 8.20. The second-order valence-corrected chi connectivity index (χ2v) is 8.41. The van der Waals surface area contributed by atoms with Gasteiger partial charge in [-0.1, -0.05) is 22.9 Å². The summed E-state index contributed by atoms with van der Waals surface area (Å²) in [6.07, 6.45) is 1.11. The van der Waals surface area contributed by atoms with Crippen molar-refractivity contribution >= 4 is 49.9 Å². The van der Waals surface area contributed by atoms with Crippen LogP contribution in [0.5, 0.6) is 5.75 Å². The molecule has 0 amide bonds. The van der Waals surface area contributed by atoms with Gasteiger partial charge < -0.3 is 10.1 Å². The zero-order chi connectivity index (χ0) is 15.2. The average molecular weight is 480 g/mol. The summed E-state index contributed by atoms with van der Waals surface area (Å²) in [6, 6.07) is 8.64. The standard InChI is InChI=1S/C16H19BrINOS/c1-3-7-19-16(11-8-15(18)21-10-11)13-9-12(17)5-6-14(13)20-4-2/h5-6,8-10,16,19H,3-4,7H2,1-2H3. The molecule has 2 rings (SSSR count). The SMILES string of the molecule is CCCNC(c1csc(I)c1)c1cc(Br)ccc1OCC. The first-order valence-electron chi connectivity index (χ1n) is 7.05. The summed E-state index contributed by atoms with van der Waals surface area (Å²) >= 11 is 7.73. The third kappa shape index (κ3) is 4.68. The highest BCUT2D eigenvalue weighted by atomic mass is 127. The zero-order valence-corrected chi connectivity index (χ0v) is 16.7. The van der Waals surface area contributed by atoms with Gasteiger partial charge in [-0.3, -0.25) is 0 Å². The summed E-state index contributed by atoms with van der Waals surface area (Å²) in [4.78, 5) is 0. The van der Waals surface area contributed by atoms with Crippen molar-refractivity contribution in [1.29, 1.82) is 0 Å². The topological polar surface area (TPSA) is 21.3 Å². The van der Waals surface area contributed by atoms with Gasteiger partial charge in [-0.25, -0.2) is 0 Å². The molecule has 1 aromatic carbocycles. The number of rotatable bonds is 7. The summed E-state index contributed by atoms with van der Waals surface area (Å²) in [5.41, 5.74) is 2.49. The summed E-state index contributed by atoms with van der Waals surface area (Å²) in [7, 11) is 0. The largest absolute Gasteiger partial charge is 0.494 e. The summed E-state index contributed by atoms with van der Waals surface area (Å²) in [6.45, 7) is 5.87. The van der Waals surface area contributed by atoms with E-state index in [0.717, 1.165) is 23.2 Å². The minimum Gasteiger partial charge on any atom is -0.494 e. The molecule has 114 valence electrons. The van der Waals surface area contributed by atoms with Crippen LogP contribution in [-0.4, -0.2) is 13.2 Å². The van der Waals surface area contributed by atoms with Crippen molar-refractivity contribution in [3.63, 3.8) is 0 Å². The van der Waals surface area contributed by atoms with Gasteiger partial charge in [0.2, 0.25) is 0 Å². The molecule has 0 fully saturated rings. The van der Waals surface area contributed by atoms with E-state index in [-0.39, 0.29) is 6.04 Å². The predicted molar refractivity (Wildman–Crippen MR) is 102 cm³/mol. The third-order valence-electron chi connectivity index (χ3n) is 3.10. The smallest absolute Gasteiger partial charge is 0.124 e. The molecule has 1 atom stereocenters. The van der Waals surface area contributed by atoms with E-state index < -0.39 is 0 Å². The molecule has 0 bridgehead atoms. The van der Waals surface area contributed by atoms with Crippen molar-refractivity contribution in [3.8, 4) is 5.75 Å². The first kappa shape index (κ1) is 17.2. The van der Waals surface area contributed by atoms with Gasteiger partial charge in [-0.15, -0.1) is 11.3 Å². The fourth-order valence-corrected chi connectivity index (χ4v) is 3.98. The fourth-order valence-electron chi connectivity index (χ4n) is 2.20. The Balaban J connectivity index is 2.42. The van der Waals surface area contributed by atoms with Crippen molar-refractivity contribution in [2.75, 3.05) is 13.2 Å². The first-order valence-corrected chi connectivity index (χ1v) is 9.80. The van der Waals surface area contributed by atoms with E-state index >= 15 is 0 Å². The second-order valence-electron chi connectivity index (χ2n) is 4.69. The van der Waals surface area contributed by atoms with Crippen molar-refractivity contribution in [2.45, 2.75) is 26.3 Å². The number of hydrogen-bond donors (Lipinski definition) is 1. The molecule has 2 aromatic rings. The van der Waals surface area contributed by atoms with Gasteiger partial charge in [0.05, 0.1) is 15.5 Å². The van der Waals surface area contributed by atoms with Crippen LogP contribution in [0.4, 0.5) is 0 Å². The molecule has 5 heteroatoms. The Kier molecular flexibility index (Phi) is 6.98. The van der Waals surface area contributed by atoms with Gasteiger partial charge >= 0.3 is 0 Å². The highest BCUT2D eigenvalue weighted by Crippen LogP contribution is 2.34. The van der Waals surface area contributed by atoms with E-state index in [1.54, 1.807) is 11.3 Å². The van der Waals surface area contributed by atoms with E-state index in [0.29, 0.717) is 6.61 Å². The molecule has 0 aliphatic heterocycles. The quantitative estimate of drug-likeness (QED) is 0.521. The van der Waals surface area contributed by atoms with E-state index in [1.807, 2.05) is 19.1 Å². The number of hydrogen-bond acceptors (Lipinski definition) is 3. The van der Waals surface area contributed by atoms with Crippen LogP contribution in [0.2, 0.25) is 0 Å². The molecule has 1 aromatic heterocycles. The lowest BCUT2D eigenvalue weighted by atomic mass is 10.00. The van der Waals surface area contributed by atoms with E-state index in [1.165, 1.54) is 14.0 Å². The van der Waals surface area contributed by atoms with E-state index in [4.69, 9.17) is 4.74 Å². The molecular formula is C16H19BrINOS. The van der Waals surface area contributed by atoms with Crippen LogP contribution >= 0.6 is 49.9 Å². The Morgan fingerprint density at radius 2 is 2.14 bits per heavy atom. The van der Waals surface area contributed by atoms with Gasteiger partial charge in [0.25, 0.3) is 0 Å². The second kappa shape index (κ2) is 8.50. The van der Waals surface area contributed by atoms with E-state index in [2.05, 4.69) is 68.3 Å². The van der Waals surface area contributed by atoms with Gasteiger partial charge in [-0.05, 0) is 77.7 Å². The van der Waals surface area contributed by atoms with Gasteiger partial charge in [0.15, 0.2) is 0 Å². The minimum atomic E-state index is 0.170. The van der Waals surface area contributed by atoms with Crippen LogP contribution in [0.1, 0.15) is 37.4 Å². The number of nitrogens with one attached hydrogen (secondary N) is 1. The fraction of sp³-hybridized carbons (Fsp3) is 0.375. The van der Waals surface area contributed by atoms with Crippen LogP contribution < -0.4 is 10.1 Å². The van der Waals surface area contributed by atoms with Crippen molar-refractivity contribution in [2.24, 2.45) is 0 Å². The first-order chi connectivity index (χ1) is 10.2. The Morgan fingerprint density at radius 3 is 2.76 bits per heavy atom. The molecule has 0 saturated carbocycles. The monoisotopic (exact) mass is 479 g/mol. The Bertz CT molecular complexity index is 587. The molecule has 0 aliphatic carbocycles. The third-order valence-corrected chi connectivity index (χ3v) is 5.40. The van der Waals surface area contributed by atoms with Crippen molar-refractivity contribution in [1.82, 2.24) is 5.32 Å². The van der Waals surface area contributed by atoms with Gasteiger partial charge in [-0.2, -0.15) is 0 Å². The molecule has 21 heavy (non-hydrogen) atoms. The van der Waals surface area contributed by atoms with Crippen molar-refractivity contribution in [3.05, 3.63) is 48.1 Å². The normalized spacial score (nSPS) is 12.4. The molecule has 0 saturated heterocycles. The maximum Gasteiger partial charge on any atom is 0.124 e. The molecule has 0 radical (unpaired) electrons. The lowest BCUT2D eigenvalue weighted by molar-refractivity contribution is 0.333. The molecular weight excluding hydrogens is 461 g/mol. The molecule has 1 unspecified atom stereocenters. The highest BCUT2D eigenvalue weighted by Gasteiger charge is 2.19. The molecule has 2 nitrogen and oxygen atoms in total. The van der Waals surface area contributed by atoms with Gasteiger partial charge in [0, 0.05) is 10.0 Å². The summed E-state index contributed by atoms with van der Waals surface area (Å²) in [5.74, 6) is 0.954. The predicted octanol–water partition coefficient (Wildman–Crippen LogP) is 5.60. The number of halogens is 2. The van der Waals surface area contributed by atoms with E-state index in [9.17, 15) is 0 Å². The molecule has 0 aliphatic rings. The zero-order valence-electron chi connectivity index (χ0n) is 12.2. The molecule has 1 N–H and O–H groups in total. The minimum absolute atomic E-state index is 0.170. The van der Waals surface area contributed by atoms with Crippen LogP contribution in [0.15, 0.2) is 34.1 Å². The number of ether oxygens (including phenoxy) is 1. The Labute approximate surface area is 152 Å². The molecule has 1 heterocycles. The number of thiophene rings is 1. The maximum atomic E-state index is 5.82.